The molecule has 0 aromatic heterocycles. The molecule has 1 atom stereocenters. The van der Waals surface area contributed by atoms with Crippen LogP contribution in [0.2, 0.25) is 0 Å². The van der Waals surface area contributed by atoms with Gasteiger partial charge in [-0.25, -0.2) is 0 Å². The molecule has 1 nitrogen and oxygen atoms in total. The van der Waals surface area contributed by atoms with Crippen molar-refractivity contribution in [3.8, 4) is 0 Å². The monoisotopic (exact) mass is 399 g/mol. The van der Waals surface area contributed by atoms with Gasteiger partial charge in [0.15, 0.2) is 5.66 Å². The fourth-order valence-corrected chi connectivity index (χ4v) is 5.82. The first-order chi connectivity index (χ1) is 13.3. The van der Waals surface area contributed by atoms with E-state index in [9.17, 15) is 4.57 Å². The van der Waals surface area contributed by atoms with E-state index in [1.54, 1.807) is 0 Å². The minimum Gasteiger partial charge on any atom is -0.0745 e. The van der Waals surface area contributed by atoms with Crippen LogP contribution in [0, 0.1) is 0 Å². The van der Waals surface area contributed by atoms with Crippen LogP contribution in [0.4, 0.5) is 0 Å². The molecule has 0 saturated heterocycles. The Labute approximate surface area is 173 Å². The molecule has 0 radical (unpaired) electrons. The molecule has 0 bridgehead atoms. The first kappa shape index (κ1) is 27.1. The molecule has 0 rings (SSSR count). The number of hydrogen-bond donors (Lipinski definition) is 0. The zero-order valence-electron chi connectivity index (χ0n) is 19.3. The molecular formula is C25H52OP+. The quantitative estimate of drug-likeness (QED) is 0.131. The van der Waals surface area contributed by atoms with Gasteiger partial charge in [0.2, 0.25) is 0 Å². The Balaban J connectivity index is 4.02. The standard InChI is InChI=1S/C25H52OP/c1-4-7-10-13-16-19-22-25(23-20-17-14-11-8-5-2)27(26)24-21-18-15-12-9-6-3/h25H,4-24H2,1-3H3/q+1. The lowest BCUT2D eigenvalue weighted by Gasteiger charge is -2.09. The Morgan fingerprint density at radius 2 is 0.815 bits per heavy atom. The van der Waals surface area contributed by atoms with Gasteiger partial charge in [-0.15, -0.1) is 0 Å². The zero-order valence-corrected chi connectivity index (χ0v) is 20.2. The van der Waals surface area contributed by atoms with Gasteiger partial charge in [0.05, 0.1) is 0 Å². The SMILES string of the molecule is CCCCCCCCC(CCCCCCCC)[P+](=O)CCCCCCCC. The molecule has 162 valence electrons. The van der Waals surface area contributed by atoms with Gasteiger partial charge in [0.25, 0.3) is 0 Å². The second-order valence-electron chi connectivity index (χ2n) is 8.68. The van der Waals surface area contributed by atoms with Crippen LogP contribution >= 0.6 is 7.80 Å². The zero-order chi connectivity index (χ0) is 20.0. The summed E-state index contributed by atoms with van der Waals surface area (Å²) in [7, 11) is -0.974. The lowest BCUT2D eigenvalue weighted by atomic mass is 10.0. The van der Waals surface area contributed by atoms with Crippen LogP contribution in [0.15, 0.2) is 0 Å². The Hall–Kier alpha value is 0.100. The van der Waals surface area contributed by atoms with E-state index in [4.69, 9.17) is 0 Å². The molecule has 0 aromatic carbocycles. The third-order valence-electron chi connectivity index (χ3n) is 5.92. The molecule has 0 fully saturated rings. The first-order valence-electron chi connectivity index (χ1n) is 12.7. The number of rotatable bonds is 22. The van der Waals surface area contributed by atoms with Crippen molar-refractivity contribution in [2.75, 3.05) is 6.16 Å². The molecule has 0 aliphatic carbocycles. The molecule has 0 saturated carbocycles. The summed E-state index contributed by atoms with van der Waals surface area (Å²) in [5.74, 6) is 0. The van der Waals surface area contributed by atoms with Gasteiger partial charge in [0, 0.05) is 0 Å². The molecule has 0 aromatic rings. The van der Waals surface area contributed by atoms with Gasteiger partial charge in [-0.05, 0) is 38.5 Å². The van der Waals surface area contributed by atoms with E-state index in [1.807, 2.05) is 0 Å². The molecule has 0 heterocycles. The lowest BCUT2D eigenvalue weighted by molar-refractivity contribution is 0.517. The fraction of sp³-hybridized carbons (Fsp3) is 1.00. The summed E-state index contributed by atoms with van der Waals surface area (Å²) >= 11 is 0. The molecule has 0 aliphatic heterocycles. The van der Waals surface area contributed by atoms with Gasteiger partial charge >= 0.3 is 7.80 Å². The molecule has 0 N–H and O–H groups in total. The second kappa shape index (κ2) is 22.4. The van der Waals surface area contributed by atoms with Crippen molar-refractivity contribution in [2.24, 2.45) is 0 Å². The molecule has 27 heavy (non-hydrogen) atoms. The van der Waals surface area contributed by atoms with Crippen molar-refractivity contribution in [3.05, 3.63) is 0 Å². The van der Waals surface area contributed by atoms with Gasteiger partial charge in [-0.2, -0.15) is 0 Å². The Morgan fingerprint density at radius 1 is 0.481 bits per heavy atom. The average Bonchev–Trinajstić information content (AvgIpc) is 2.68. The van der Waals surface area contributed by atoms with Gasteiger partial charge < -0.3 is 0 Å². The predicted molar refractivity (Wildman–Crippen MR) is 126 cm³/mol. The van der Waals surface area contributed by atoms with Crippen LogP contribution < -0.4 is 0 Å². The maximum Gasteiger partial charge on any atom is 0.341 e. The van der Waals surface area contributed by atoms with E-state index in [-0.39, 0.29) is 0 Å². The van der Waals surface area contributed by atoms with Crippen molar-refractivity contribution in [1.82, 2.24) is 0 Å². The van der Waals surface area contributed by atoms with Gasteiger partial charge in [0.1, 0.15) is 6.16 Å². The maximum absolute atomic E-state index is 12.9. The summed E-state index contributed by atoms with van der Waals surface area (Å²) in [5, 5.41) is 0. The maximum atomic E-state index is 12.9. The normalized spacial score (nSPS) is 12.1. The van der Waals surface area contributed by atoms with E-state index in [0.29, 0.717) is 5.66 Å². The molecule has 1 unspecified atom stereocenters. The van der Waals surface area contributed by atoms with Crippen LogP contribution in [-0.2, 0) is 4.57 Å². The summed E-state index contributed by atoms with van der Waals surface area (Å²) in [5.41, 5.74) is 0.521. The molecule has 0 amide bonds. The topological polar surface area (TPSA) is 17.1 Å². The van der Waals surface area contributed by atoms with Crippen LogP contribution in [0.1, 0.15) is 149 Å². The molecular weight excluding hydrogens is 347 g/mol. The minimum atomic E-state index is -0.974. The van der Waals surface area contributed by atoms with E-state index in [0.717, 1.165) is 6.16 Å². The second-order valence-corrected chi connectivity index (χ2v) is 10.7. The molecule has 0 aliphatic rings. The average molecular weight is 400 g/mol. The van der Waals surface area contributed by atoms with Gasteiger partial charge in [-0.3, -0.25) is 0 Å². The van der Waals surface area contributed by atoms with E-state index in [2.05, 4.69) is 20.8 Å². The Kier molecular flexibility index (Phi) is 22.5. The van der Waals surface area contributed by atoms with Crippen molar-refractivity contribution in [1.29, 1.82) is 0 Å². The predicted octanol–water partition coefficient (Wildman–Crippen LogP) is 10.0. The Morgan fingerprint density at radius 3 is 1.22 bits per heavy atom. The van der Waals surface area contributed by atoms with Crippen LogP contribution in [0.5, 0.6) is 0 Å². The first-order valence-corrected chi connectivity index (χ1v) is 14.2. The van der Waals surface area contributed by atoms with Crippen molar-refractivity contribution >= 4 is 7.80 Å². The van der Waals surface area contributed by atoms with E-state index in [1.165, 1.54) is 128 Å². The molecule has 0 spiro atoms. The largest absolute Gasteiger partial charge is 0.341 e. The van der Waals surface area contributed by atoms with E-state index >= 15 is 0 Å². The summed E-state index contributed by atoms with van der Waals surface area (Å²) in [4.78, 5) is 0. The highest BCUT2D eigenvalue weighted by Crippen LogP contribution is 2.37. The fourth-order valence-electron chi connectivity index (χ4n) is 3.98. The lowest BCUT2D eigenvalue weighted by Crippen LogP contribution is -2.05. The highest BCUT2D eigenvalue weighted by Gasteiger charge is 2.28. The third kappa shape index (κ3) is 19.2. The third-order valence-corrected chi connectivity index (χ3v) is 8.01. The summed E-state index contributed by atoms with van der Waals surface area (Å²) in [6.07, 6.45) is 27.6. The number of hydrogen-bond acceptors (Lipinski definition) is 1. The summed E-state index contributed by atoms with van der Waals surface area (Å²) in [6, 6.07) is 0. The minimum absolute atomic E-state index is 0.521. The van der Waals surface area contributed by atoms with Crippen LogP contribution in [0.3, 0.4) is 0 Å². The van der Waals surface area contributed by atoms with Crippen molar-refractivity contribution in [2.45, 2.75) is 155 Å². The summed E-state index contributed by atoms with van der Waals surface area (Å²) in [6.45, 7) is 6.83. The Bertz CT molecular complexity index is 287. The number of unbranched alkanes of at least 4 members (excludes halogenated alkanes) is 15. The van der Waals surface area contributed by atoms with Crippen molar-refractivity contribution < 1.29 is 4.57 Å². The smallest absolute Gasteiger partial charge is 0.0745 e. The highest BCUT2D eigenvalue weighted by molar-refractivity contribution is 7.45. The summed E-state index contributed by atoms with van der Waals surface area (Å²) < 4.78 is 12.9. The highest BCUT2D eigenvalue weighted by atomic mass is 31.1. The molecule has 2 heteroatoms. The van der Waals surface area contributed by atoms with E-state index < -0.39 is 7.80 Å². The van der Waals surface area contributed by atoms with Crippen molar-refractivity contribution in [3.63, 3.8) is 0 Å². The van der Waals surface area contributed by atoms with Crippen LogP contribution in [0.25, 0.3) is 0 Å². The van der Waals surface area contributed by atoms with Gasteiger partial charge in [-0.1, -0.05) is 115 Å². The van der Waals surface area contributed by atoms with Crippen LogP contribution in [-0.4, -0.2) is 11.8 Å².